The fraction of sp³-hybridized carbons (Fsp3) is 0.500. The van der Waals surface area contributed by atoms with Crippen LogP contribution in [0.2, 0.25) is 0 Å². The van der Waals surface area contributed by atoms with E-state index >= 15 is 0 Å². The minimum Gasteiger partial charge on any atom is -0.381 e. The fourth-order valence-corrected chi connectivity index (χ4v) is 2.51. The van der Waals surface area contributed by atoms with Gasteiger partial charge >= 0.3 is 0 Å². The number of rotatable bonds is 8. The quantitative estimate of drug-likeness (QED) is 0.550. The number of ether oxygens (including phenoxy) is 1. The molecule has 2 rings (SSSR count). The monoisotopic (exact) mass is 305 g/mol. The maximum absolute atomic E-state index is 9.15. The average molecular weight is 306 g/mol. The third-order valence-electron chi connectivity index (χ3n) is 3.41. The summed E-state index contributed by atoms with van der Waals surface area (Å²) in [5.74, 6) is 1.15. The van der Waals surface area contributed by atoms with E-state index in [1.54, 1.807) is 6.07 Å². The van der Waals surface area contributed by atoms with Gasteiger partial charge in [0.25, 0.3) is 0 Å². The molecule has 0 unspecified atom stereocenters. The first kappa shape index (κ1) is 15.8. The van der Waals surface area contributed by atoms with Gasteiger partial charge in [-0.2, -0.15) is 5.26 Å². The predicted molar refractivity (Wildman–Crippen MR) is 84.3 cm³/mol. The molecule has 5 heteroatoms. The molecule has 1 aromatic carbocycles. The van der Waals surface area contributed by atoms with Crippen molar-refractivity contribution in [3.63, 3.8) is 0 Å². The number of unbranched alkanes of at least 4 members (excludes halogenated alkanes) is 1. The van der Waals surface area contributed by atoms with Crippen LogP contribution in [0.4, 0.5) is 0 Å². The van der Waals surface area contributed by atoms with Crippen molar-refractivity contribution in [2.45, 2.75) is 38.6 Å². The third kappa shape index (κ3) is 3.75. The molecule has 0 amide bonds. The van der Waals surface area contributed by atoms with Gasteiger partial charge in [-0.15, -0.1) is 11.6 Å². The normalized spacial score (nSPS) is 10.9. The van der Waals surface area contributed by atoms with E-state index in [9.17, 15) is 0 Å². The molecule has 1 heterocycles. The minimum absolute atomic E-state index is 0.343. The van der Waals surface area contributed by atoms with Crippen LogP contribution in [0, 0.1) is 11.3 Å². The van der Waals surface area contributed by atoms with E-state index in [4.69, 9.17) is 21.6 Å². The second-order valence-corrected chi connectivity index (χ2v) is 5.19. The van der Waals surface area contributed by atoms with E-state index in [0.717, 1.165) is 55.9 Å². The highest BCUT2D eigenvalue weighted by atomic mass is 35.5. The van der Waals surface area contributed by atoms with Crippen LogP contribution in [0.1, 0.15) is 37.6 Å². The topological polar surface area (TPSA) is 50.8 Å². The van der Waals surface area contributed by atoms with Crippen LogP contribution in [0.3, 0.4) is 0 Å². The molecule has 0 saturated carbocycles. The van der Waals surface area contributed by atoms with Crippen LogP contribution in [0.15, 0.2) is 18.2 Å². The summed E-state index contributed by atoms with van der Waals surface area (Å²) in [4.78, 5) is 4.50. The van der Waals surface area contributed by atoms with Gasteiger partial charge in [0.15, 0.2) is 0 Å². The number of nitriles is 1. The molecule has 0 radical (unpaired) electrons. The molecular formula is C16H20ClN3O. The number of hydrogen-bond donors (Lipinski definition) is 0. The van der Waals surface area contributed by atoms with E-state index in [1.807, 2.05) is 12.1 Å². The molecule has 21 heavy (non-hydrogen) atoms. The van der Waals surface area contributed by atoms with Gasteiger partial charge < -0.3 is 9.30 Å². The van der Waals surface area contributed by atoms with Crippen LogP contribution >= 0.6 is 11.6 Å². The van der Waals surface area contributed by atoms with Crippen LogP contribution in [-0.2, 0) is 17.2 Å². The van der Waals surface area contributed by atoms with Gasteiger partial charge in [0.05, 0.1) is 17.0 Å². The third-order valence-corrected chi connectivity index (χ3v) is 3.65. The van der Waals surface area contributed by atoms with E-state index in [1.165, 1.54) is 0 Å². The predicted octanol–water partition coefficient (Wildman–Crippen LogP) is 3.85. The molecular weight excluding hydrogens is 286 g/mol. The zero-order valence-corrected chi connectivity index (χ0v) is 13.1. The summed E-state index contributed by atoms with van der Waals surface area (Å²) in [5, 5.41) is 9.15. The lowest BCUT2D eigenvalue weighted by Gasteiger charge is -2.08. The first-order valence-corrected chi connectivity index (χ1v) is 7.87. The van der Waals surface area contributed by atoms with Gasteiger partial charge in [0.1, 0.15) is 17.4 Å². The molecule has 0 fully saturated rings. The highest BCUT2D eigenvalue weighted by Gasteiger charge is 2.12. The van der Waals surface area contributed by atoms with E-state index in [2.05, 4.69) is 22.5 Å². The maximum atomic E-state index is 9.15. The molecule has 0 saturated heterocycles. The number of nitrogens with zero attached hydrogens (tertiary/aromatic N) is 3. The average Bonchev–Trinajstić information content (AvgIpc) is 2.88. The number of hydrogen-bond acceptors (Lipinski definition) is 3. The van der Waals surface area contributed by atoms with Crippen LogP contribution in [0.5, 0.6) is 0 Å². The van der Waals surface area contributed by atoms with Gasteiger partial charge in [0.2, 0.25) is 0 Å². The van der Waals surface area contributed by atoms with Crippen LogP contribution in [0.25, 0.3) is 11.0 Å². The molecule has 1 aromatic heterocycles. The summed E-state index contributed by atoms with van der Waals surface area (Å²) >= 11 is 5.98. The molecule has 2 aromatic rings. The Balaban J connectivity index is 2.10. The van der Waals surface area contributed by atoms with Crippen molar-refractivity contribution in [3.05, 3.63) is 29.6 Å². The number of benzene rings is 1. The number of imidazole rings is 1. The number of aromatic nitrogens is 2. The van der Waals surface area contributed by atoms with Crippen molar-refractivity contribution in [3.8, 4) is 6.07 Å². The zero-order chi connectivity index (χ0) is 15.1. The molecule has 0 N–H and O–H groups in total. The summed E-state index contributed by atoms with van der Waals surface area (Å²) in [6.07, 6.45) is 3.17. The van der Waals surface area contributed by atoms with E-state index in [0.29, 0.717) is 11.4 Å². The van der Waals surface area contributed by atoms with Crippen molar-refractivity contribution in [2.24, 2.45) is 0 Å². The van der Waals surface area contributed by atoms with E-state index < -0.39 is 0 Å². The highest BCUT2D eigenvalue weighted by Crippen LogP contribution is 2.21. The van der Waals surface area contributed by atoms with Gasteiger partial charge in [0, 0.05) is 19.8 Å². The van der Waals surface area contributed by atoms with Crippen molar-refractivity contribution in [1.82, 2.24) is 9.55 Å². The largest absolute Gasteiger partial charge is 0.381 e. The second-order valence-electron chi connectivity index (χ2n) is 4.92. The standard InChI is InChI=1S/C16H20ClN3O/c1-2-3-9-21-10-5-8-20-14-7-4-6-13(12-18)16(14)19-15(20)11-17/h4,6-7H,2-3,5,8-11H2,1H3. The molecule has 0 aliphatic heterocycles. The molecule has 0 aliphatic rings. The summed E-state index contributed by atoms with van der Waals surface area (Å²) in [6, 6.07) is 7.83. The lowest BCUT2D eigenvalue weighted by atomic mass is 10.2. The molecule has 112 valence electrons. The van der Waals surface area contributed by atoms with Crippen LogP contribution < -0.4 is 0 Å². The second kappa shape index (κ2) is 8.02. The Morgan fingerprint density at radius 1 is 1.33 bits per heavy atom. The van der Waals surface area contributed by atoms with Crippen molar-refractivity contribution in [1.29, 1.82) is 5.26 Å². The Kier molecular flexibility index (Phi) is 6.04. The SMILES string of the molecule is CCCCOCCCn1c(CCl)nc2c(C#N)cccc21. The number of fused-ring (bicyclic) bond motifs is 1. The Bertz CT molecular complexity index is 630. The van der Waals surface area contributed by atoms with Crippen molar-refractivity contribution in [2.75, 3.05) is 13.2 Å². The lowest BCUT2D eigenvalue weighted by molar-refractivity contribution is 0.126. The van der Waals surface area contributed by atoms with Crippen LogP contribution in [-0.4, -0.2) is 22.8 Å². The minimum atomic E-state index is 0.343. The summed E-state index contributed by atoms with van der Waals surface area (Å²) in [5.41, 5.74) is 2.30. The number of para-hydroxylation sites is 1. The summed E-state index contributed by atoms with van der Waals surface area (Å²) < 4.78 is 7.67. The smallest absolute Gasteiger partial charge is 0.124 e. The molecule has 0 atom stereocenters. The van der Waals surface area contributed by atoms with E-state index in [-0.39, 0.29) is 0 Å². The molecule has 4 nitrogen and oxygen atoms in total. The lowest BCUT2D eigenvalue weighted by Crippen LogP contribution is -2.06. The fourth-order valence-electron chi connectivity index (χ4n) is 2.31. The van der Waals surface area contributed by atoms with Crippen molar-refractivity contribution >= 4 is 22.6 Å². The molecule has 0 bridgehead atoms. The maximum Gasteiger partial charge on any atom is 0.124 e. The van der Waals surface area contributed by atoms with Crippen molar-refractivity contribution < 1.29 is 4.74 Å². The van der Waals surface area contributed by atoms with Gasteiger partial charge in [-0.1, -0.05) is 19.4 Å². The zero-order valence-electron chi connectivity index (χ0n) is 12.3. The number of halogens is 1. The van der Waals surface area contributed by atoms with Gasteiger partial charge in [-0.05, 0) is 25.0 Å². The Labute approximate surface area is 130 Å². The number of alkyl halides is 1. The van der Waals surface area contributed by atoms with Gasteiger partial charge in [-0.3, -0.25) is 0 Å². The molecule has 0 aliphatic carbocycles. The molecule has 0 spiro atoms. The Hall–Kier alpha value is -1.57. The van der Waals surface area contributed by atoms with Gasteiger partial charge in [-0.25, -0.2) is 4.98 Å². The summed E-state index contributed by atoms with van der Waals surface area (Å²) in [7, 11) is 0. The Morgan fingerprint density at radius 3 is 2.86 bits per heavy atom. The highest BCUT2D eigenvalue weighted by molar-refractivity contribution is 6.16. The Morgan fingerprint density at radius 2 is 2.14 bits per heavy atom. The number of aryl methyl sites for hydroxylation is 1. The summed E-state index contributed by atoms with van der Waals surface area (Å²) in [6.45, 7) is 4.52. The first-order chi connectivity index (χ1) is 10.3. The first-order valence-electron chi connectivity index (χ1n) is 7.33.